The van der Waals surface area contributed by atoms with Crippen molar-refractivity contribution in [1.29, 1.82) is 0 Å². The van der Waals surface area contributed by atoms with Crippen LogP contribution in [0.15, 0.2) is 29.2 Å². The van der Waals surface area contributed by atoms with Gasteiger partial charge in [-0.15, -0.1) is 0 Å². The SMILES string of the molecule is COCCCNC(=O)C1CCN(C(=O)CCc2ccc(S(=O)(=O)N3CCOCC3)cc2)CC1. The number of nitrogens with one attached hydrogen (secondary N) is 1. The summed E-state index contributed by atoms with van der Waals surface area (Å²) in [6.07, 6.45) is 3.06. The Morgan fingerprint density at radius 3 is 2.39 bits per heavy atom. The van der Waals surface area contributed by atoms with Gasteiger partial charge in [-0.05, 0) is 43.4 Å². The zero-order valence-electron chi connectivity index (χ0n) is 19.3. The molecular formula is C23H35N3O6S. The standard InChI is InChI=1S/C23H35N3O6S/c1-31-16-2-11-24-23(28)20-9-12-25(13-10-20)22(27)8-5-19-3-6-21(7-4-19)33(29,30)26-14-17-32-18-15-26/h3-4,6-7,20H,2,5,8-18H2,1H3,(H,24,28). The Balaban J connectivity index is 1.41. The third-order valence-electron chi connectivity index (χ3n) is 6.20. The maximum Gasteiger partial charge on any atom is 0.243 e. The largest absolute Gasteiger partial charge is 0.385 e. The molecule has 0 atom stereocenters. The lowest BCUT2D eigenvalue weighted by atomic mass is 9.95. The van der Waals surface area contributed by atoms with Crippen LogP contribution >= 0.6 is 0 Å². The van der Waals surface area contributed by atoms with Gasteiger partial charge < -0.3 is 19.7 Å². The molecule has 0 saturated carbocycles. The van der Waals surface area contributed by atoms with Gasteiger partial charge in [-0.1, -0.05) is 12.1 Å². The van der Waals surface area contributed by atoms with Gasteiger partial charge in [0.15, 0.2) is 0 Å². The number of aryl methyl sites for hydroxylation is 1. The van der Waals surface area contributed by atoms with Crippen molar-refractivity contribution in [3.63, 3.8) is 0 Å². The van der Waals surface area contributed by atoms with Gasteiger partial charge in [-0.25, -0.2) is 8.42 Å². The highest BCUT2D eigenvalue weighted by Crippen LogP contribution is 2.20. The highest BCUT2D eigenvalue weighted by molar-refractivity contribution is 7.89. The molecule has 0 bridgehead atoms. The summed E-state index contributed by atoms with van der Waals surface area (Å²) >= 11 is 0. The predicted octanol–water partition coefficient (Wildman–Crippen LogP) is 1.03. The Bertz CT molecular complexity index is 876. The molecule has 2 aliphatic rings. The maximum atomic E-state index is 12.7. The number of methoxy groups -OCH3 is 1. The second kappa shape index (κ2) is 12.5. The number of piperidine rings is 1. The van der Waals surface area contributed by atoms with E-state index in [9.17, 15) is 18.0 Å². The van der Waals surface area contributed by atoms with Crippen LogP contribution in [0.3, 0.4) is 0 Å². The van der Waals surface area contributed by atoms with Gasteiger partial charge in [0.25, 0.3) is 0 Å². The van der Waals surface area contributed by atoms with Gasteiger partial charge in [-0.2, -0.15) is 4.31 Å². The molecule has 0 aromatic heterocycles. The van der Waals surface area contributed by atoms with Crippen molar-refractivity contribution < 1.29 is 27.5 Å². The topological polar surface area (TPSA) is 105 Å². The number of morpholine rings is 1. The Morgan fingerprint density at radius 1 is 1.09 bits per heavy atom. The molecule has 2 heterocycles. The molecule has 1 aromatic rings. The summed E-state index contributed by atoms with van der Waals surface area (Å²) < 4.78 is 37.1. The number of ether oxygens (including phenoxy) is 2. The minimum Gasteiger partial charge on any atom is -0.385 e. The van der Waals surface area contributed by atoms with Crippen LogP contribution in [0.4, 0.5) is 0 Å². The van der Waals surface area contributed by atoms with E-state index in [0.29, 0.717) is 78.2 Å². The highest BCUT2D eigenvalue weighted by Gasteiger charge is 2.28. The highest BCUT2D eigenvalue weighted by atomic mass is 32.2. The van der Waals surface area contributed by atoms with E-state index in [1.54, 1.807) is 31.4 Å². The monoisotopic (exact) mass is 481 g/mol. The number of rotatable bonds is 10. The van der Waals surface area contributed by atoms with E-state index in [0.717, 1.165) is 12.0 Å². The molecular weight excluding hydrogens is 446 g/mol. The second-order valence-corrected chi connectivity index (χ2v) is 10.4. The number of nitrogens with zero attached hydrogens (tertiary/aromatic N) is 2. The number of hydrogen-bond donors (Lipinski definition) is 1. The Kier molecular flexibility index (Phi) is 9.66. The van der Waals surface area contributed by atoms with Crippen molar-refractivity contribution in [3.8, 4) is 0 Å². The van der Waals surface area contributed by atoms with Crippen LogP contribution in [0, 0.1) is 5.92 Å². The van der Waals surface area contributed by atoms with E-state index in [4.69, 9.17) is 9.47 Å². The number of likely N-dealkylation sites (tertiary alicyclic amines) is 1. The first-order valence-electron chi connectivity index (χ1n) is 11.6. The zero-order chi connectivity index (χ0) is 23.7. The van der Waals surface area contributed by atoms with E-state index < -0.39 is 10.0 Å². The van der Waals surface area contributed by atoms with Crippen LogP contribution in [0.25, 0.3) is 0 Å². The molecule has 0 radical (unpaired) electrons. The summed E-state index contributed by atoms with van der Waals surface area (Å²) in [5.74, 6) is 0.0850. The molecule has 10 heteroatoms. The lowest BCUT2D eigenvalue weighted by molar-refractivity contribution is -0.135. The average molecular weight is 482 g/mol. The van der Waals surface area contributed by atoms with Crippen LogP contribution in [0.5, 0.6) is 0 Å². The summed E-state index contributed by atoms with van der Waals surface area (Å²) in [4.78, 5) is 27.0. The first-order valence-corrected chi connectivity index (χ1v) is 13.1. The molecule has 1 aromatic carbocycles. The molecule has 0 unspecified atom stereocenters. The molecule has 2 fully saturated rings. The van der Waals surface area contributed by atoms with E-state index >= 15 is 0 Å². The van der Waals surface area contributed by atoms with Crippen molar-refractivity contribution in [2.75, 3.05) is 59.7 Å². The van der Waals surface area contributed by atoms with Gasteiger partial charge >= 0.3 is 0 Å². The van der Waals surface area contributed by atoms with Crippen molar-refractivity contribution in [2.24, 2.45) is 5.92 Å². The first-order chi connectivity index (χ1) is 15.9. The van der Waals surface area contributed by atoms with Gasteiger partial charge in [-0.3, -0.25) is 9.59 Å². The third kappa shape index (κ3) is 7.23. The number of amides is 2. The summed E-state index contributed by atoms with van der Waals surface area (Å²) in [6.45, 7) is 3.97. The molecule has 0 aliphatic carbocycles. The summed E-state index contributed by atoms with van der Waals surface area (Å²) in [5, 5.41) is 2.94. The number of benzene rings is 1. The van der Waals surface area contributed by atoms with Gasteiger partial charge in [0, 0.05) is 58.8 Å². The minimum atomic E-state index is -3.51. The predicted molar refractivity (Wildman–Crippen MR) is 123 cm³/mol. The van der Waals surface area contributed by atoms with E-state index in [1.165, 1.54) is 4.31 Å². The number of carbonyl (C=O) groups is 2. The Hall–Kier alpha value is -2.01. The van der Waals surface area contributed by atoms with Crippen LogP contribution in [0.1, 0.15) is 31.2 Å². The third-order valence-corrected chi connectivity index (χ3v) is 8.11. The summed E-state index contributed by atoms with van der Waals surface area (Å²) in [6, 6.07) is 6.78. The fourth-order valence-electron chi connectivity index (χ4n) is 4.14. The molecule has 2 saturated heterocycles. The average Bonchev–Trinajstić information content (AvgIpc) is 2.86. The minimum absolute atomic E-state index is 0.0439. The fourth-order valence-corrected chi connectivity index (χ4v) is 5.54. The molecule has 1 N–H and O–H groups in total. The molecule has 33 heavy (non-hydrogen) atoms. The van der Waals surface area contributed by atoms with E-state index in [1.807, 2.05) is 4.90 Å². The molecule has 2 aliphatic heterocycles. The van der Waals surface area contributed by atoms with E-state index in [2.05, 4.69) is 5.32 Å². The lowest BCUT2D eigenvalue weighted by Gasteiger charge is -2.31. The molecule has 3 rings (SSSR count). The van der Waals surface area contributed by atoms with Crippen LogP contribution in [-0.2, 0) is 35.5 Å². The zero-order valence-corrected chi connectivity index (χ0v) is 20.1. The molecule has 184 valence electrons. The van der Waals surface area contributed by atoms with Crippen molar-refractivity contribution in [1.82, 2.24) is 14.5 Å². The van der Waals surface area contributed by atoms with Crippen molar-refractivity contribution >= 4 is 21.8 Å². The quantitative estimate of drug-likeness (QED) is 0.501. The van der Waals surface area contributed by atoms with Crippen LogP contribution < -0.4 is 5.32 Å². The summed E-state index contributed by atoms with van der Waals surface area (Å²) in [5.41, 5.74) is 0.926. The fraction of sp³-hybridized carbons (Fsp3) is 0.652. The molecule has 2 amide bonds. The summed E-state index contributed by atoms with van der Waals surface area (Å²) in [7, 11) is -1.87. The Morgan fingerprint density at radius 2 is 1.76 bits per heavy atom. The number of sulfonamides is 1. The van der Waals surface area contributed by atoms with E-state index in [-0.39, 0.29) is 22.6 Å². The molecule has 9 nitrogen and oxygen atoms in total. The Labute approximate surface area is 196 Å². The van der Waals surface area contributed by atoms with Crippen LogP contribution in [-0.4, -0.2) is 89.1 Å². The van der Waals surface area contributed by atoms with Gasteiger partial charge in [0.1, 0.15) is 0 Å². The molecule has 0 spiro atoms. The van der Waals surface area contributed by atoms with Gasteiger partial charge in [0.2, 0.25) is 21.8 Å². The van der Waals surface area contributed by atoms with Crippen molar-refractivity contribution in [3.05, 3.63) is 29.8 Å². The number of carbonyl (C=O) groups excluding carboxylic acids is 2. The van der Waals surface area contributed by atoms with Crippen molar-refractivity contribution in [2.45, 2.75) is 37.0 Å². The van der Waals surface area contributed by atoms with Gasteiger partial charge in [0.05, 0.1) is 18.1 Å². The number of hydrogen-bond acceptors (Lipinski definition) is 6. The smallest absolute Gasteiger partial charge is 0.243 e. The normalized spacial score (nSPS) is 18.3. The van der Waals surface area contributed by atoms with Crippen LogP contribution in [0.2, 0.25) is 0 Å². The second-order valence-electron chi connectivity index (χ2n) is 8.45. The lowest BCUT2D eigenvalue weighted by Crippen LogP contribution is -2.43. The first kappa shape index (κ1) is 25.6. The maximum absolute atomic E-state index is 12.7.